The number of oxazole rings is 1. The van der Waals surface area contributed by atoms with Gasteiger partial charge in [-0.2, -0.15) is 0 Å². The van der Waals surface area contributed by atoms with Crippen LogP contribution in [0, 0.1) is 0 Å². The van der Waals surface area contributed by atoms with E-state index in [-0.39, 0.29) is 0 Å². The molecule has 0 aliphatic heterocycles. The van der Waals surface area contributed by atoms with E-state index in [1.54, 1.807) is 6.20 Å². The average molecular weight is 386 g/mol. The Kier molecular flexibility index (Phi) is 4.05. The first kappa shape index (κ1) is 13.3. The minimum Gasteiger partial charge on any atom is -0.441 e. The maximum Gasteiger partial charge on any atom is 0.196 e. The van der Waals surface area contributed by atoms with E-state index >= 15 is 0 Å². The Morgan fingerprint density at radius 2 is 2.16 bits per heavy atom. The molecule has 0 atom stereocenters. The summed E-state index contributed by atoms with van der Waals surface area (Å²) in [6.07, 6.45) is 5.25. The van der Waals surface area contributed by atoms with Gasteiger partial charge in [0.15, 0.2) is 11.7 Å². The van der Waals surface area contributed by atoms with Gasteiger partial charge in [0.1, 0.15) is 0 Å². The van der Waals surface area contributed by atoms with Crippen LogP contribution in [-0.4, -0.2) is 17.6 Å². The van der Waals surface area contributed by atoms with Gasteiger partial charge in [-0.05, 0) is 47.0 Å². The summed E-state index contributed by atoms with van der Waals surface area (Å²) in [5, 5.41) is 3.46. The molecular weight excluding hydrogens is 372 g/mol. The molecule has 1 N–H and O–H groups in total. The van der Waals surface area contributed by atoms with Crippen molar-refractivity contribution in [2.45, 2.75) is 25.3 Å². The minimum absolute atomic E-state index is 0.732. The predicted octanol–water partition coefficient (Wildman–Crippen LogP) is 4.16. The summed E-state index contributed by atoms with van der Waals surface area (Å²) in [5.74, 6) is 1.60. The van der Waals surface area contributed by atoms with Gasteiger partial charge in [-0.15, -0.1) is 0 Å². The zero-order valence-electron chi connectivity index (χ0n) is 10.3. The molecule has 1 aromatic carbocycles. The highest BCUT2D eigenvalue weighted by atomic mass is 79.9. The molecule has 1 saturated carbocycles. The van der Waals surface area contributed by atoms with Crippen molar-refractivity contribution in [2.24, 2.45) is 0 Å². The fourth-order valence-electron chi connectivity index (χ4n) is 1.91. The van der Waals surface area contributed by atoms with Crippen molar-refractivity contribution in [3.8, 4) is 11.3 Å². The first-order valence-corrected chi connectivity index (χ1v) is 7.94. The largest absolute Gasteiger partial charge is 0.441 e. The van der Waals surface area contributed by atoms with Crippen LogP contribution in [0.2, 0.25) is 0 Å². The summed E-state index contributed by atoms with van der Waals surface area (Å²) >= 11 is 6.99. The van der Waals surface area contributed by atoms with Gasteiger partial charge < -0.3 is 9.73 Å². The normalized spacial score (nSPS) is 14.8. The molecule has 0 bridgehead atoms. The van der Waals surface area contributed by atoms with Gasteiger partial charge in [0.2, 0.25) is 0 Å². The fourth-order valence-corrected chi connectivity index (χ4v) is 3.15. The van der Waals surface area contributed by atoms with Crippen molar-refractivity contribution >= 4 is 31.9 Å². The molecule has 1 aliphatic rings. The van der Waals surface area contributed by atoms with Gasteiger partial charge in [-0.1, -0.05) is 15.9 Å². The molecule has 2 aromatic rings. The van der Waals surface area contributed by atoms with E-state index in [9.17, 15) is 0 Å². The fraction of sp³-hybridized carbons (Fsp3) is 0.357. The third-order valence-electron chi connectivity index (χ3n) is 3.10. The third kappa shape index (κ3) is 3.46. The highest BCUT2D eigenvalue weighted by Gasteiger charge is 2.20. The topological polar surface area (TPSA) is 38.1 Å². The van der Waals surface area contributed by atoms with E-state index in [2.05, 4.69) is 42.2 Å². The third-order valence-corrected chi connectivity index (χ3v) is 4.25. The maximum atomic E-state index is 5.80. The number of aromatic nitrogens is 1. The van der Waals surface area contributed by atoms with Gasteiger partial charge in [0.25, 0.3) is 0 Å². The van der Waals surface area contributed by atoms with E-state index in [4.69, 9.17) is 4.42 Å². The zero-order chi connectivity index (χ0) is 13.2. The molecule has 1 aliphatic carbocycles. The molecule has 1 aromatic heterocycles. The molecule has 0 amide bonds. The maximum absolute atomic E-state index is 5.80. The quantitative estimate of drug-likeness (QED) is 0.839. The summed E-state index contributed by atoms with van der Waals surface area (Å²) < 4.78 is 7.84. The Morgan fingerprint density at radius 1 is 1.32 bits per heavy atom. The van der Waals surface area contributed by atoms with Crippen LogP contribution >= 0.6 is 31.9 Å². The Hall–Kier alpha value is -0.650. The van der Waals surface area contributed by atoms with Gasteiger partial charge in [0, 0.05) is 33.5 Å². The van der Waals surface area contributed by atoms with Crippen molar-refractivity contribution in [1.82, 2.24) is 10.3 Å². The number of benzene rings is 1. The van der Waals surface area contributed by atoms with E-state index in [0.29, 0.717) is 0 Å². The van der Waals surface area contributed by atoms with Crippen LogP contribution in [0.4, 0.5) is 0 Å². The van der Waals surface area contributed by atoms with Crippen molar-refractivity contribution in [2.75, 3.05) is 6.54 Å². The van der Waals surface area contributed by atoms with Crippen LogP contribution < -0.4 is 5.32 Å². The first-order valence-electron chi connectivity index (χ1n) is 6.36. The molecule has 19 heavy (non-hydrogen) atoms. The molecule has 0 unspecified atom stereocenters. The van der Waals surface area contributed by atoms with Gasteiger partial charge in [-0.3, -0.25) is 0 Å². The number of hydrogen-bond acceptors (Lipinski definition) is 3. The standard InChI is InChI=1S/C14H14Br2N2O/c15-9-1-4-11(12(16)7-9)13-8-18-14(19-13)5-6-17-10-2-3-10/h1,4,7-8,10,17H,2-3,5-6H2. The van der Waals surface area contributed by atoms with Crippen molar-refractivity contribution < 1.29 is 4.42 Å². The van der Waals surface area contributed by atoms with Gasteiger partial charge >= 0.3 is 0 Å². The lowest BCUT2D eigenvalue weighted by molar-refractivity contribution is 0.494. The number of hydrogen-bond donors (Lipinski definition) is 1. The van der Waals surface area contributed by atoms with Crippen LogP contribution in [0.3, 0.4) is 0 Å². The second-order valence-corrected chi connectivity index (χ2v) is 6.49. The highest BCUT2D eigenvalue weighted by molar-refractivity contribution is 9.11. The molecule has 100 valence electrons. The van der Waals surface area contributed by atoms with Crippen LogP contribution in [0.5, 0.6) is 0 Å². The van der Waals surface area contributed by atoms with Gasteiger partial charge in [0.05, 0.1) is 6.20 Å². The molecule has 1 heterocycles. The Balaban J connectivity index is 1.68. The lowest BCUT2D eigenvalue weighted by Gasteiger charge is -2.01. The van der Waals surface area contributed by atoms with E-state index < -0.39 is 0 Å². The van der Waals surface area contributed by atoms with E-state index in [1.165, 1.54) is 12.8 Å². The lowest BCUT2D eigenvalue weighted by atomic mass is 10.2. The van der Waals surface area contributed by atoms with Crippen LogP contribution in [0.25, 0.3) is 11.3 Å². The van der Waals surface area contributed by atoms with Crippen molar-refractivity contribution in [3.63, 3.8) is 0 Å². The summed E-state index contributed by atoms with van der Waals surface area (Å²) in [4.78, 5) is 4.33. The van der Waals surface area contributed by atoms with Crippen molar-refractivity contribution in [3.05, 3.63) is 39.2 Å². The Labute approximate surface area is 129 Å². The summed E-state index contributed by atoms with van der Waals surface area (Å²) in [6.45, 7) is 0.937. The summed E-state index contributed by atoms with van der Waals surface area (Å²) in [7, 11) is 0. The van der Waals surface area contributed by atoms with Gasteiger partial charge in [-0.25, -0.2) is 4.98 Å². The lowest BCUT2D eigenvalue weighted by Crippen LogP contribution is -2.19. The second kappa shape index (κ2) is 5.77. The number of nitrogens with one attached hydrogen (secondary N) is 1. The highest BCUT2D eigenvalue weighted by Crippen LogP contribution is 2.31. The summed E-state index contributed by atoms with van der Waals surface area (Å²) in [5.41, 5.74) is 1.03. The monoisotopic (exact) mass is 384 g/mol. The summed E-state index contributed by atoms with van der Waals surface area (Å²) in [6, 6.07) is 6.75. The van der Waals surface area contributed by atoms with Crippen molar-refractivity contribution in [1.29, 1.82) is 0 Å². The molecule has 0 saturated heterocycles. The molecule has 3 nitrogen and oxygen atoms in total. The second-order valence-electron chi connectivity index (χ2n) is 4.72. The smallest absolute Gasteiger partial charge is 0.196 e. The molecule has 1 fully saturated rings. The van der Waals surface area contributed by atoms with Crippen LogP contribution in [0.1, 0.15) is 18.7 Å². The average Bonchev–Trinajstić information content (AvgIpc) is 3.07. The number of rotatable bonds is 5. The Morgan fingerprint density at radius 3 is 2.89 bits per heavy atom. The first-order chi connectivity index (χ1) is 9.22. The molecule has 3 rings (SSSR count). The minimum atomic E-state index is 0.732. The Bertz CT molecular complexity index is 579. The molecule has 0 radical (unpaired) electrons. The number of nitrogens with zero attached hydrogens (tertiary/aromatic N) is 1. The SMILES string of the molecule is Brc1ccc(-c2cnc(CCNC3CC3)o2)c(Br)c1. The zero-order valence-corrected chi connectivity index (χ0v) is 13.5. The molecule has 5 heteroatoms. The van der Waals surface area contributed by atoms with Crippen LogP contribution in [0.15, 0.2) is 37.8 Å². The van der Waals surface area contributed by atoms with Crippen LogP contribution in [-0.2, 0) is 6.42 Å². The van der Waals surface area contributed by atoms with E-state index in [1.807, 2.05) is 18.2 Å². The number of halogens is 2. The molecule has 0 spiro atoms. The molecular formula is C14H14Br2N2O. The predicted molar refractivity (Wildman–Crippen MR) is 82.1 cm³/mol. The van der Waals surface area contributed by atoms with E-state index in [0.717, 1.165) is 45.2 Å².